The van der Waals surface area contributed by atoms with E-state index < -0.39 is 10.0 Å². The monoisotopic (exact) mass is 376 g/mol. The van der Waals surface area contributed by atoms with Crippen molar-refractivity contribution in [3.8, 4) is 0 Å². The molecule has 1 aromatic carbocycles. The Morgan fingerprint density at radius 3 is 2.46 bits per heavy atom. The number of amides is 1. The Labute approximate surface area is 154 Å². The van der Waals surface area contributed by atoms with Gasteiger partial charge in [0.2, 0.25) is 10.0 Å². The van der Waals surface area contributed by atoms with Crippen LogP contribution >= 0.6 is 0 Å². The summed E-state index contributed by atoms with van der Waals surface area (Å²) in [5.74, 6) is 0.196. The van der Waals surface area contributed by atoms with Gasteiger partial charge >= 0.3 is 0 Å². The largest absolute Gasteiger partial charge is 0.472 e. The molecule has 0 radical (unpaired) electrons. The van der Waals surface area contributed by atoms with Crippen LogP contribution < -0.4 is 4.72 Å². The van der Waals surface area contributed by atoms with E-state index in [2.05, 4.69) is 4.72 Å². The summed E-state index contributed by atoms with van der Waals surface area (Å²) < 4.78 is 32.5. The van der Waals surface area contributed by atoms with Crippen LogP contribution in [-0.4, -0.2) is 38.9 Å². The second-order valence-corrected chi connectivity index (χ2v) is 8.36. The highest BCUT2D eigenvalue weighted by Crippen LogP contribution is 2.20. The van der Waals surface area contributed by atoms with Crippen LogP contribution in [0, 0.1) is 5.92 Å². The first-order valence-electron chi connectivity index (χ1n) is 8.89. The number of carbonyl (C=O) groups excluding carboxylic acids is 1. The van der Waals surface area contributed by atoms with Crippen LogP contribution in [0.5, 0.6) is 0 Å². The molecule has 1 saturated heterocycles. The quantitative estimate of drug-likeness (QED) is 0.841. The summed E-state index contributed by atoms with van der Waals surface area (Å²) in [5, 5.41) is 0. The number of piperidine rings is 1. The minimum absolute atomic E-state index is 0.0335. The first kappa shape index (κ1) is 18.7. The van der Waals surface area contributed by atoms with Gasteiger partial charge in [0.1, 0.15) is 6.26 Å². The van der Waals surface area contributed by atoms with Crippen molar-refractivity contribution >= 4 is 15.9 Å². The molecule has 1 aliphatic heterocycles. The van der Waals surface area contributed by atoms with Crippen molar-refractivity contribution in [2.75, 3.05) is 19.6 Å². The molecule has 6 nitrogen and oxygen atoms in total. The van der Waals surface area contributed by atoms with E-state index in [1.165, 1.54) is 12.5 Å². The SMILES string of the molecule is CCc1ccc(S(=O)(=O)NCC2CCN(C(=O)c3ccoc3)CC2)cc1. The molecule has 2 aromatic rings. The Bertz CT molecular complexity index is 821. The van der Waals surface area contributed by atoms with Gasteiger partial charge in [0.05, 0.1) is 16.7 Å². The molecule has 140 valence electrons. The number of likely N-dealkylation sites (tertiary alicyclic amines) is 1. The Balaban J connectivity index is 1.50. The highest BCUT2D eigenvalue weighted by atomic mass is 32.2. The van der Waals surface area contributed by atoms with E-state index in [0.29, 0.717) is 30.1 Å². The third-order valence-corrected chi connectivity index (χ3v) is 6.31. The summed E-state index contributed by atoms with van der Waals surface area (Å²) in [6, 6.07) is 8.64. The number of hydrogen-bond acceptors (Lipinski definition) is 4. The van der Waals surface area contributed by atoms with Gasteiger partial charge in [0.15, 0.2) is 0 Å². The number of aryl methyl sites for hydroxylation is 1. The zero-order chi connectivity index (χ0) is 18.6. The Morgan fingerprint density at radius 2 is 1.88 bits per heavy atom. The van der Waals surface area contributed by atoms with Crippen LogP contribution in [-0.2, 0) is 16.4 Å². The van der Waals surface area contributed by atoms with Gasteiger partial charge in [-0.15, -0.1) is 0 Å². The van der Waals surface area contributed by atoms with E-state index >= 15 is 0 Å². The Morgan fingerprint density at radius 1 is 1.19 bits per heavy atom. The van der Waals surface area contributed by atoms with Gasteiger partial charge in [0.25, 0.3) is 5.91 Å². The van der Waals surface area contributed by atoms with Crippen molar-refractivity contribution < 1.29 is 17.6 Å². The first-order chi connectivity index (χ1) is 12.5. The van der Waals surface area contributed by atoms with Crippen molar-refractivity contribution in [3.05, 3.63) is 54.0 Å². The first-order valence-corrected chi connectivity index (χ1v) is 10.4. The molecule has 1 amide bonds. The molecule has 0 bridgehead atoms. The summed E-state index contributed by atoms with van der Waals surface area (Å²) in [4.78, 5) is 14.4. The molecule has 2 heterocycles. The number of nitrogens with zero attached hydrogens (tertiary/aromatic N) is 1. The summed E-state index contributed by atoms with van der Waals surface area (Å²) in [5.41, 5.74) is 1.67. The van der Waals surface area contributed by atoms with Gasteiger partial charge in [0, 0.05) is 19.6 Å². The summed E-state index contributed by atoms with van der Waals surface area (Å²) >= 11 is 0. The van der Waals surface area contributed by atoms with Gasteiger partial charge < -0.3 is 9.32 Å². The zero-order valence-electron chi connectivity index (χ0n) is 14.8. The van der Waals surface area contributed by atoms with Gasteiger partial charge in [-0.2, -0.15) is 0 Å². The van der Waals surface area contributed by atoms with E-state index in [0.717, 1.165) is 24.8 Å². The van der Waals surface area contributed by atoms with Crippen LogP contribution in [0.15, 0.2) is 52.2 Å². The van der Waals surface area contributed by atoms with Crippen LogP contribution in [0.4, 0.5) is 0 Å². The molecule has 1 aromatic heterocycles. The number of benzene rings is 1. The molecule has 1 fully saturated rings. The van der Waals surface area contributed by atoms with Crippen LogP contribution in [0.2, 0.25) is 0 Å². The number of nitrogens with one attached hydrogen (secondary N) is 1. The van der Waals surface area contributed by atoms with Gasteiger partial charge in [-0.25, -0.2) is 13.1 Å². The summed E-state index contributed by atoms with van der Waals surface area (Å²) in [6.07, 6.45) is 5.37. The predicted molar refractivity (Wildman–Crippen MR) is 98.3 cm³/mol. The van der Waals surface area contributed by atoms with Crippen molar-refractivity contribution in [2.45, 2.75) is 31.1 Å². The van der Waals surface area contributed by atoms with E-state index in [4.69, 9.17) is 4.42 Å². The minimum Gasteiger partial charge on any atom is -0.472 e. The van der Waals surface area contributed by atoms with Crippen molar-refractivity contribution in [2.24, 2.45) is 5.92 Å². The lowest BCUT2D eigenvalue weighted by Gasteiger charge is -2.31. The van der Waals surface area contributed by atoms with Crippen LogP contribution in [0.25, 0.3) is 0 Å². The van der Waals surface area contributed by atoms with Crippen molar-refractivity contribution in [1.29, 1.82) is 0 Å². The fourth-order valence-corrected chi connectivity index (χ4v) is 4.24. The van der Waals surface area contributed by atoms with Crippen LogP contribution in [0.3, 0.4) is 0 Å². The van der Waals surface area contributed by atoms with Gasteiger partial charge in [-0.05, 0) is 48.9 Å². The molecule has 1 aliphatic rings. The second-order valence-electron chi connectivity index (χ2n) is 6.60. The standard InChI is InChI=1S/C19H24N2O4S/c1-2-15-3-5-18(6-4-15)26(23,24)20-13-16-7-10-21(11-8-16)19(22)17-9-12-25-14-17/h3-6,9,12,14,16,20H,2,7-8,10-11,13H2,1H3. The lowest BCUT2D eigenvalue weighted by molar-refractivity contribution is 0.0691. The van der Waals surface area contributed by atoms with Crippen molar-refractivity contribution in [1.82, 2.24) is 9.62 Å². The average molecular weight is 376 g/mol. The maximum atomic E-state index is 12.4. The smallest absolute Gasteiger partial charge is 0.257 e. The summed E-state index contributed by atoms with van der Waals surface area (Å²) in [6.45, 7) is 3.68. The highest BCUT2D eigenvalue weighted by molar-refractivity contribution is 7.89. The summed E-state index contributed by atoms with van der Waals surface area (Å²) in [7, 11) is -3.49. The Hall–Kier alpha value is -2.12. The van der Waals surface area contributed by atoms with E-state index in [1.54, 1.807) is 23.1 Å². The average Bonchev–Trinajstić information content (AvgIpc) is 3.21. The lowest BCUT2D eigenvalue weighted by Crippen LogP contribution is -2.41. The number of hydrogen-bond donors (Lipinski definition) is 1. The van der Waals surface area contributed by atoms with E-state index in [9.17, 15) is 13.2 Å². The van der Waals surface area contributed by atoms with Crippen LogP contribution in [0.1, 0.15) is 35.7 Å². The third kappa shape index (κ3) is 4.34. The molecule has 0 aliphatic carbocycles. The number of rotatable bonds is 6. The lowest BCUT2D eigenvalue weighted by atomic mass is 9.97. The molecule has 26 heavy (non-hydrogen) atoms. The van der Waals surface area contributed by atoms with E-state index in [1.807, 2.05) is 19.1 Å². The topological polar surface area (TPSA) is 79.6 Å². The van der Waals surface area contributed by atoms with Gasteiger partial charge in [-0.3, -0.25) is 4.79 Å². The molecule has 0 atom stereocenters. The zero-order valence-corrected chi connectivity index (χ0v) is 15.7. The maximum absolute atomic E-state index is 12.4. The predicted octanol–water partition coefficient (Wildman–Crippen LogP) is 2.67. The van der Waals surface area contributed by atoms with Crippen molar-refractivity contribution in [3.63, 3.8) is 0 Å². The maximum Gasteiger partial charge on any atom is 0.257 e. The molecule has 0 spiro atoms. The van der Waals surface area contributed by atoms with Gasteiger partial charge in [-0.1, -0.05) is 19.1 Å². The minimum atomic E-state index is -3.49. The third-order valence-electron chi connectivity index (χ3n) is 4.87. The number of sulfonamides is 1. The molecular weight excluding hydrogens is 352 g/mol. The molecule has 0 unspecified atom stereocenters. The molecule has 7 heteroatoms. The normalized spacial score (nSPS) is 16.0. The molecule has 1 N–H and O–H groups in total. The molecular formula is C19H24N2O4S. The second kappa shape index (κ2) is 8.05. The van der Waals surface area contributed by atoms with E-state index in [-0.39, 0.29) is 11.8 Å². The highest BCUT2D eigenvalue weighted by Gasteiger charge is 2.25. The number of furan rings is 1. The fraction of sp³-hybridized carbons (Fsp3) is 0.421. The fourth-order valence-electron chi connectivity index (χ4n) is 3.12. The molecule has 3 rings (SSSR count). The Kier molecular flexibility index (Phi) is 5.78. The number of carbonyl (C=O) groups is 1. The molecule has 0 saturated carbocycles.